The van der Waals surface area contributed by atoms with Crippen LogP contribution in [0.3, 0.4) is 0 Å². The number of hydrogen-bond donors (Lipinski definition) is 1. The second-order valence-electron chi connectivity index (χ2n) is 10.7. The largest absolute Gasteiger partial charge is 0.318 e. The van der Waals surface area contributed by atoms with E-state index >= 15 is 0 Å². The van der Waals surface area contributed by atoms with Gasteiger partial charge in [0.1, 0.15) is 11.7 Å². The van der Waals surface area contributed by atoms with Crippen molar-refractivity contribution in [3.63, 3.8) is 0 Å². The predicted octanol–water partition coefficient (Wildman–Crippen LogP) is 5.71. The fourth-order valence-corrected chi connectivity index (χ4v) is 5.67. The summed E-state index contributed by atoms with van der Waals surface area (Å²) in [5, 5.41) is 6.63. The Morgan fingerprint density at radius 1 is 1.09 bits per heavy atom. The van der Waals surface area contributed by atoms with E-state index in [2.05, 4.69) is 30.4 Å². The van der Waals surface area contributed by atoms with Crippen LogP contribution in [0.4, 0.5) is 24.5 Å². The summed E-state index contributed by atoms with van der Waals surface area (Å²) >= 11 is 5.84. The summed E-state index contributed by atoms with van der Waals surface area (Å²) < 4.78 is 43.6. The van der Waals surface area contributed by atoms with Crippen LogP contribution in [-0.2, 0) is 4.79 Å². The van der Waals surface area contributed by atoms with Gasteiger partial charge in [-0.05, 0) is 45.6 Å². The SMILES string of the molecule is Cc1nc([C@@H](C)n2cc(NC(=O)c3nc(-c4c(C(F)F)ccc(Cl)c4F)cnc3C)cn2)ncc1N1C[C@H]2CC[C@H]2C1=O. The lowest BCUT2D eigenvalue weighted by Gasteiger charge is -2.25. The normalized spacial score (nSPS) is 18.5. The average Bonchev–Trinajstić information content (AvgIpc) is 3.50. The van der Waals surface area contributed by atoms with Gasteiger partial charge in [0.2, 0.25) is 5.91 Å². The summed E-state index contributed by atoms with van der Waals surface area (Å²) in [6.45, 7) is 5.89. The van der Waals surface area contributed by atoms with Gasteiger partial charge in [-0.3, -0.25) is 19.3 Å². The van der Waals surface area contributed by atoms with Crippen LogP contribution in [0.1, 0.15) is 65.5 Å². The van der Waals surface area contributed by atoms with Crippen LogP contribution in [0.5, 0.6) is 0 Å². The fourth-order valence-electron chi connectivity index (χ4n) is 5.51. The van der Waals surface area contributed by atoms with Gasteiger partial charge in [-0.15, -0.1) is 0 Å². The van der Waals surface area contributed by atoms with Gasteiger partial charge in [-0.2, -0.15) is 5.10 Å². The topological polar surface area (TPSA) is 119 Å². The summed E-state index contributed by atoms with van der Waals surface area (Å²) in [7, 11) is 0. The van der Waals surface area contributed by atoms with Crippen LogP contribution in [0, 0.1) is 31.5 Å². The minimum atomic E-state index is -3.00. The third-order valence-corrected chi connectivity index (χ3v) is 8.39. The van der Waals surface area contributed by atoms with Crippen LogP contribution in [0.25, 0.3) is 11.3 Å². The minimum Gasteiger partial charge on any atom is -0.318 e. The molecule has 0 spiro atoms. The van der Waals surface area contributed by atoms with Crippen LogP contribution in [0.2, 0.25) is 5.02 Å². The average molecular weight is 611 g/mol. The fraction of sp³-hybridized carbons (Fsp3) is 0.345. The zero-order chi connectivity index (χ0) is 30.6. The van der Waals surface area contributed by atoms with E-state index in [9.17, 15) is 22.8 Å². The molecular formula is C29H26ClF3N8O2. The molecule has 4 aromatic rings. The molecule has 10 nitrogen and oxygen atoms in total. The number of aryl methyl sites for hydroxylation is 2. The molecule has 1 saturated carbocycles. The number of benzene rings is 1. The summed E-state index contributed by atoms with van der Waals surface area (Å²) in [5.74, 6) is -0.641. The lowest BCUT2D eigenvalue weighted by atomic mass is 9.76. The van der Waals surface area contributed by atoms with E-state index in [0.29, 0.717) is 35.4 Å². The van der Waals surface area contributed by atoms with Crippen molar-refractivity contribution < 1.29 is 22.8 Å². The molecule has 14 heteroatoms. The number of aromatic nitrogens is 6. The molecular weight excluding hydrogens is 585 g/mol. The van der Waals surface area contributed by atoms with Crippen molar-refractivity contribution in [2.24, 2.45) is 11.8 Å². The molecule has 1 aliphatic heterocycles. The van der Waals surface area contributed by atoms with Gasteiger partial charge in [0.15, 0.2) is 11.6 Å². The monoisotopic (exact) mass is 610 g/mol. The van der Waals surface area contributed by atoms with Crippen molar-refractivity contribution in [3.05, 3.63) is 76.2 Å². The number of nitrogens with zero attached hydrogens (tertiary/aromatic N) is 7. The van der Waals surface area contributed by atoms with Crippen LogP contribution in [-0.4, -0.2) is 48.1 Å². The number of alkyl halides is 2. The quantitative estimate of drug-likeness (QED) is 0.285. The zero-order valence-corrected chi connectivity index (χ0v) is 24.1. The van der Waals surface area contributed by atoms with Crippen LogP contribution < -0.4 is 10.2 Å². The smallest absolute Gasteiger partial charge is 0.276 e. The van der Waals surface area contributed by atoms with E-state index in [4.69, 9.17) is 11.6 Å². The highest BCUT2D eigenvalue weighted by Gasteiger charge is 2.47. The van der Waals surface area contributed by atoms with Gasteiger partial charge < -0.3 is 10.2 Å². The van der Waals surface area contributed by atoms with Gasteiger partial charge in [0.25, 0.3) is 12.3 Å². The Kier molecular flexibility index (Phi) is 7.36. The third-order valence-electron chi connectivity index (χ3n) is 8.10. The molecule has 3 atom stereocenters. The Morgan fingerprint density at radius 2 is 1.88 bits per heavy atom. The number of halogens is 4. The predicted molar refractivity (Wildman–Crippen MR) is 151 cm³/mol. The van der Waals surface area contributed by atoms with Gasteiger partial charge in [0, 0.05) is 29.8 Å². The van der Waals surface area contributed by atoms with E-state index in [1.807, 2.05) is 13.8 Å². The highest BCUT2D eigenvalue weighted by atomic mass is 35.5. The molecule has 1 N–H and O–H groups in total. The molecule has 4 heterocycles. The maximum atomic E-state index is 14.8. The second kappa shape index (κ2) is 11.0. The lowest BCUT2D eigenvalue weighted by Crippen LogP contribution is -2.29. The molecule has 1 saturated heterocycles. The molecule has 43 heavy (non-hydrogen) atoms. The molecule has 6 rings (SSSR count). The minimum absolute atomic E-state index is 0.112. The Hall–Kier alpha value is -4.39. The highest BCUT2D eigenvalue weighted by molar-refractivity contribution is 6.31. The summed E-state index contributed by atoms with van der Waals surface area (Å²) in [6.07, 6.45) is 4.78. The maximum Gasteiger partial charge on any atom is 0.276 e. The number of rotatable bonds is 7. The van der Waals surface area contributed by atoms with Crippen molar-refractivity contribution in [1.82, 2.24) is 29.7 Å². The standard InChI is InChI=1S/C29H26ClF3N8O2/c1-13-22(40-11-16-4-5-18(16)29(40)43)10-35-27(37-13)15(3)41-12-17(8-36-41)38-28(42)25-14(2)34-9-21(39-25)23-19(26(32)33)6-7-20(30)24(23)31/h6-10,12,15-16,18,26H,4-5,11H2,1-3H3,(H,38,42)/t15-,16-,18-/m1/s1. The first-order valence-corrected chi connectivity index (χ1v) is 14.0. The van der Waals surface area contributed by atoms with Crippen molar-refractivity contribution in [2.75, 3.05) is 16.8 Å². The zero-order valence-electron chi connectivity index (χ0n) is 23.4. The number of amides is 2. The highest BCUT2D eigenvalue weighted by Crippen LogP contribution is 2.43. The number of anilines is 2. The van der Waals surface area contributed by atoms with Crippen molar-refractivity contribution >= 4 is 34.8 Å². The van der Waals surface area contributed by atoms with Gasteiger partial charge >= 0.3 is 0 Å². The van der Waals surface area contributed by atoms with Gasteiger partial charge in [-0.25, -0.2) is 28.1 Å². The molecule has 2 aliphatic rings. The molecule has 0 unspecified atom stereocenters. The van der Waals surface area contributed by atoms with Crippen LogP contribution in [0.15, 0.2) is 36.9 Å². The lowest BCUT2D eigenvalue weighted by molar-refractivity contribution is -0.123. The Labute approximate surface area is 249 Å². The first-order chi connectivity index (χ1) is 20.5. The van der Waals surface area contributed by atoms with Crippen molar-refractivity contribution in [2.45, 2.75) is 46.1 Å². The summed E-state index contributed by atoms with van der Waals surface area (Å²) in [6, 6.07) is 1.64. The molecule has 1 aliphatic carbocycles. The van der Waals surface area contributed by atoms with E-state index in [0.717, 1.165) is 31.2 Å². The number of nitrogens with one attached hydrogen (secondary N) is 1. The summed E-state index contributed by atoms with van der Waals surface area (Å²) in [5.41, 5.74) is 0.341. The molecule has 1 aromatic carbocycles. The molecule has 3 aromatic heterocycles. The van der Waals surface area contributed by atoms with E-state index < -0.39 is 35.3 Å². The van der Waals surface area contributed by atoms with Gasteiger partial charge in [-0.1, -0.05) is 17.7 Å². The molecule has 2 amide bonds. The molecule has 2 fully saturated rings. The third kappa shape index (κ3) is 5.11. The van der Waals surface area contributed by atoms with Crippen molar-refractivity contribution in [3.8, 4) is 11.3 Å². The first-order valence-electron chi connectivity index (χ1n) is 13.6. The summed E-state index contributed by atoms with van der Waals surface area (Å²) in [4.78, 5) is 45.0. The number of fused-ring (bicyclic) bond motifs is 1. The van der Waals surface area contributed by atoms with E-state index in [1.54, 1.807) is 22.0 Å². The maximum absolute atomic E-state index is 14.8. The Bertz CT molecular complexity index is 1760. The van der Waals surface area contributed by atoms with Crippen molar-refractivity contribution in [1.29, 1.82) is 0 Å². The Morgan fingerprint density at radius 3 is 2.53 bits per heavy atom. The molecule has 222 valence electrons. The Balaban J connectivity index is 1.20. The number of carbonyl (C=O) groups excluding carboxylic acids is 2. The van der Waals surface area contributed by atoms with E-state index in [1.165, 1.54) is 13.1 Å². The molecule has 0 radical (unpaired) electrons. The molecule has 0 bridgehead atoms. The van der Waals surface area contributed by atoms with E-state index in [-0.39, 0.29) is 33.9 Å². The number of hydrogen-bond acceptors (Lipinski definition) is 7. The number of carbonyl (C=O) groups is 2. The second-order valence-corrected chi connectivity index (χ2v) is 11.2. The van der Waals surface area contributed by atoms with Crippen LogP contribution >= 0.6 is 11.6 Å². The first kappa shape index (κ1) is 28.7. The van der Waals surface area contributed by atoms with Gasteiger partial charge in [0.05, 0.1) is 52.1 Å².